The molecule has 4 nitrogen and oxygen atoms in total. The van der Waals surface area contributed by atoms with Crippen LogP contribution in [0, 0.1) is 0 Å². The fraction of sp³-hybridized carbons (Fsp3) is 0.467. The van der Waals surface area contributed by atoms with Gasteiger partial charge in [0, 0.05) is 19.4 Å². The molecule has 1 aliphatic heterocycles. The van der Waals surface area contributed by atoms with E-state index in [0.717, 1.165) is 12.1 Å². The molecule has 0 bridgehead atoms. The minimum Gasteiger partial charge on any atom is -0.309 e. The Morgan fingerprint density at radius 2 is 1.79 bits per heavy atom. The summed E-state index contributed by atoms with van der Waals surface area (Å²) in [7, 11) is 0. The number of carbonyl (C=O) groups is 2. The Balaban J connectivity index is 2.12. The van der Waals surface area contributed by atoms with Gasteiger partial charge in [-0.3, -0.25) is 14.5 Å². The minimum absolute atomic E-state index is 0.0113. The van der Waals surface area contributed by atoms with E-state index in [4.69, 9.17) is 0 Å². The standard InChI is InChI=1S/C15H20N2O2/c1-2-16-13(12-7-4-3-5-8-12)11-17-14(18)9-6-10-15(17)19/h3-5,7-8,13,16H,2,6,9-11H2,1H3. The Kier molecular flexibility index (Phi) is 4.68. The second kappa shape index (κ2) is 6.48. The van der Waals surface area contributed by atoms with Gasteiger partial charge >= 0.3 is 0 Å². The van der Waals surface area contributed by atoms with E-state index in [-0.39, 0.29) is 17.9 Å². The van der Waals surface area contributed by atoms with E-state index >= 15 is 0 Å². The average molecular weight is 260 g/mol. The fourth-order valence-corrected chi connectivity index (χ4v) is 2.41. The largest absolute Gasteiger partial charge is 0.309 e. The van der Waals surface area contributed by atoms with E-state index in [2.05, 4.69) is 5.32 Å². The van der Waals surface area contributed by atoms with Crippen LogP contribution in [0.4, 0.5) is 0 Å². The normalized spacial score (nSPS) is 17.6. The quantitative estimate of drug-likeness (QED) is 0.822. The Morgan fingerprint density at radius 3 is 2.37 bits per heavy atom. The molecule has 1 unspecified atom stereocenters. The van der Waals surface area contributed by atoms with E-state index < -0.39 is 0 Å². The molecule has 1 heterocycles. The number of hydrogen-bond acceptors (Lipinski definition) is 3. The number of nitrogens with one attached hydrogen (secondary N) is 1. The maximum Gasteiger partial charge on any atom is 0.229 e. The lowest BCUT2D eigenvalue weighted by atomic mass is 10.0. The van der Waals surface area contributed by atoms with Gasteiger partial charge in [0.1, 0.15) is 0 Å². The molecule has 1 atom stereocenters. The zero-order valence-corrected chi connectivity index (χ0v) is 11.3. The number of benzene rings is 1. The predicted octanol–water partition coefficient (Wildman–Crippen LogP) is 1.88. The Morgan fingerprint density at radius 1 is 1.16 bits per heavy atom. The molecule has 1 aromatic rings. The van der Waals surface area contributed by atoms with Gasteiger partial charge in [0.2, 0.25) is 11.8 Å². The van der Waals surface area contributed by atoms with E-state index in [1.54, 1.807) is 0 Å². The summed E-state index contributed by atoms with van der Waals surface area (Å²) in [5.41, 5.74) is 1.11. The molecule has 1 fully saturated rings. The topological polar surface area (TPSA) is 49.4 Å². The predicted molar refractivity (Wildman–Crippen MR) is 73.4 cm³/mol. The van der Waals surface area contributed by atoms with Gasteiger partial charge in [0.25, 0.3) is 0 Å². The molecule has 0 radical (unpaired) electrons. The first-order chi connectivity index (χ1) is 9.22. The molecule has 0 aliphatic carbocycles. The second-order valence-electron chi connectivity index (χ2n) is 4.77. The maximum absolute atomic E-state index is 11.9. The molecule has 1 aliphatic rings. The van der Waals surface area contributed by atoms with Crippen LogP contribution in [0.5, 0.6) is 0 Å². The number of nitrogens with zero attached hydrogens (tertiary/aromatic N) is 1. The molecular formula is C15H20N2O2. The third-order valence-electron chi connectivity index (χ3n) is 3.40. The van der Waals surface area contributed by atoms with Gasteiger partial charge in [0.15, 0.2) is 0 Å². The Labute approximate surface area is 113 Å². The van der Waals surface area contributed by atoms with Crippen molar-refractivity contribution in [3.63, 3.8) is 0 Å². The summed E-state index contributed by atoms with van der Waals surface area (Å²) in [6, 6.07) is 9.96. The van der Waals surface area contributed by atoms with Crippen molar-refractivity contribution in [1.29, 1.82) is 0 Å². The van der Waals surface area contributed by atoms with Crippen LogP contribution in [0.25, 0.3) is 0 Å². The summed E-state index contributed by atoms with van der Waals surface area (Å²) in [6.45, 7) is 3.25. The van der Waals surface area contributed by atoms with Gasteiger partial charge in [-0.05, 0) is 18.5 Å². The number of imide groups is 1. The average Bonchev–Trinajstić information content (AvgIpc) is 2.43. The van der Waals surface area contributed by atoms with Gasteiger partial charge in [-0.15, -0.1) is 0 Å². The van der Waals surface area contributed by atoms with Crippen LogP contribution < -0.4 is 5.32 Å². The maximum atomic E-state index is 11.9. The van der Waals surface area contributed by atoms with Gasteiger partial charge in [0.05, 0.1) is 6.04 Å². The van der Waals surface area contributed by atoms with Gasteiger partial charge in [-0.1, -0.05) is 37.3 Å². The smallest absolute Gasteiger partial charge is 0.229 e. The van der Waals surface area contributed by atoms with Gasteiger partial charge < -0.3 is 5.32 Å². The first-order valence-corrected chi connectivity index (χ1v) is 6.84. The lowest BCUT2D eigenvalue weighted by Crippen LogP contribution is -2.45. The number of likely N-dealkylation sites (tertiary alicyclic amines) is 1. The summed E-state index contributed by atoms with van der Waals surface area (Å²) in [5, 5.41) is 3.34. The highest BCUT2D eigenvalue weighted by atomic mass is 16.2. The first-order valence-electron chi connectivity index (χ1n) is 6.84. The van der Waals surface area contributed by atoms with E-state index in [0.29, 0.717) is 25.8 Å². The monoisotopic (exact) mass is 260 g/mol. The molecule has 0 aromatic heterocycles. The van der Waals surface area contributed by atoms with Crippen molar-refractivity contribution in [1.82, 2.24) is 10.2 Å². The van der Waals surface area contributed by atoms with Crippen molar-refractivity contribution in [2.45, 2.75) is 32.2 Å². The number of carbonyl (C=O) groups excluding carboxylic acids is 2. The third-order valence-corrected chi connectivity index (χ3v) is 3.40. The zero-order chi connectivity index (χ0) is 13.7. The summed E-state index contributed by atoms with van der Waals surface area (Å²) >= 11 is 0. The van der Waals surface area contributed by atoms with Crippen molar-refractivity contribution in [2.24, 2.45) is 0 Å². The lowest BCUT2D eigenvalue weighted by Gasteiger charge is -2.29. The molecule has 102 valence electrons. The number of piperidine rings is 1. The number of rotatable bonds is 5. The molecule has 1 N–H and O–H groups in total. The van der Waals surface area contributed by atoms with Crippen LogP contribution in [-0.2, 0) is 9.59 Å². The molecule has 1 aromatic carbocycles. The molecule has 0 spiro atoms. The van der Waals surface area contributed by atoms with E-state index in [9.17, 15) is 9.59 Å². The number of likely N-dealkylation sites (N-methyl/N-ethyl adjacent to an activating group) is 1. The molecule has 2 rings (SSSR count). The van der Waals surface area contributed by atoms with Crippen LogP contribution in [0.3, 0.4) is 0 Å². The third kappa shape index (κ3) is 3.41. The Hall–Kier alpha value is -1.68. The van der Waals surface area contributed by atoms with Crippen LogP contribution in [-0.4, -0.2) is 29.8 Å². The van der Waals surface area contributed by atoms with Crippen molar-refractivity contribution < 1.29 is 9.59 Å². The summed E-state index contributed by atoms with van der Waals surface area (Å²) in [4.78, 5) is 25.1. The molecule has 19 heavy (non-hydrogen) atoms. The molecule has 1 saturated heterocycles. The minimum atomic E-state index is -0.0462. The van der Waals surface area contributed by atoms with Crippen LogP contribution in [0.1, 0.15) is 37.8 Å². The SMILES string of the molecule is CCNC(CN1C(=O)CCCC1=O)c1ccccc1. The lowest BCUT2D eigenvalue weighted by molar-refractivity contribution is -0.148. The second-order valence-corrected chi connectivity index (χ2v) is 4.77. The van der Waals surface area contributed by atoms with Crippen LogP contribution in [0.15, 0.2) is 30.3 Å². The van der Waals surface area contributed by atoms with Crippen LogP contribution in [0.2, 0.25) is 0 Å². The van der Waals surface area contributed by atoms with Crippen LogP contribution >= 0.6 is 0 Å². The van der Waals surface area contributed by atoms with Crippen molar-refractivity contribution in [3.8, 4) is 0 Å². The molecular weight excluding hydrogens is 240 g/mol. The van der Waals surface area contributed by atoms with Gasteiger partial charge in [-0.2, -0.15) is 0 Å². The number of amides is 2. The van der Waals surface area contributed by atoms with Gasteiger partial charge in [-0.25, -0.2) is 0 Å². The van der Waals surface area contributed by atoms with Crippen molar-refractivity contribution in [3.05, 3.63) is 35.9 Å². The summed E-state index contributed by atoms with van der Waals surface area (Å²) < 4.78 is 0. The fourth-order valence-electron chi connectivity index (χ4n) is 2.41. The summed E-state index contributed by atoms with van der Waals surface area (Å²) in [6.07, 6.45) is 1.66. The van der Waals surface area contributed by atoms with E-state index in [1.807, 2.05) is 37.3 Å². The summed E-state index contributed by atoms with van der Waals surface area (Å²) in [5.74, 6) is -0.0924. The molecule has 0 saturated carbocycles. The zero-order valence-electron chi connectivity index (χ0n) is 11.3. The number of hydrogen-bond donors (Lipinski definition) is 1. The highest BCUT2D eigenvalue weighted by molar-refractivity contribution is 5.97. The highest BCUT2D eigenvalue weighted by Crippen LogP contribution is 2.19. The molecule has 2 amide bonds. The Bertz CT molecular complexity index is 429. The van der Waals surface area contributed by atoms with Crippen molar-refractivity contribution >= 4 is 11.8 Å². The van der Waals surface area contributed by atoms with Crippen molar-refractivity contribution in [2.75, 3.05) is 13.1 Å². The highest BCUT2D eigenvalue weighted by Gasteiger charge is 2.28. The van der Waals surface area contributed by atoms with E-state index in [1.165, 1.54) is 4.90 Å². The first kappa shape index (κ1) is 13.7. The molecule has 4 heteroatoms.